The molecule has 1 aliphatic rings. The second kappa shape index (κ2) is 5.29. The number of ether oxygens (including phenoxy) is 1. The highest BCUT2D eigenvalue weighted by Crippen LogP contribution is 2.36. The maximum atomic E-state index is 11.4. The van der Waals surface area contributed by atoms with Gasteiger partial charge in [-0.15, -0.1) is 0 Å². The molecule has 1 saturated carbocycles. The number of ketones is 1. The van der Waals surface area contributed by atoms with Crippen molar-refractivity contribution in [1.82, 2.24) is 4.98 Å². The Hall–Kier alpha value is -1.71. The number of nitrogens with zero attached hydrogens (tertiary/aromatic N) is 2. The molecule has 0 radical (unpaired) electrons. The third-order valence-electron chi connectivity index (χ3n) is 3.56. The second-order valence-electron chi connectivity index (χ2n) is 4.67. The van der Waals surface area contributed by atoms with Crippen molar-refractivity contribution in [2.24, 2.45) is 4.99 Å². The van der Waals surface area contributed by atoms with E-state index in [0.29, 0.717) is 18.6 Å². The summed E-state index contributed by atoms with van der Waals surface area (Å²) in [5.41, 5.74) is 0.788. The van der Waals surface area contributed by atoms with Crippen LogP contribution in [0.1, 0.15) is 31.4 Å². The lowest BCUT2D eigenvalue weighted by Gasteiger charge is -2.32. The second-order valence-corrected chi connectivity index (χ2v) is 4.67. The largest absolute Gasteiger partial charge is 0.495 e. The maximum absolute atomic E-state index is 11.4. The van der Waals surface area contributed by atoms with Gasteiger partial charge < -0.3 is 4.74 Å². The predicted octanol–water partition coefficient (Wildman–Crippen LogP) is 2.17. The third kappa shape index (κ3) is 2.42. The zero-order chi connectivity index (χ0) is 13.0. The van der Waals surface area contributed by atoms with E-state index in [1.54, 1.807) is 20.4 Å². The summed E-state index contributed by atoms with van der Waals surface area (Å²) < 4.78 is 5.12. The number of methoxy groups -OCH3 is 1. The lowest BCUT2D eigenvalue weighted by molar-refractivity contribution is -0.120. The molecular formula is C14H18N2O2. The molecule has 1 fully saturated rings. The predicted molar refractivity (Wildman–Crippen MR) is 70.4 cm³/mol. The molecule has 18 heavy (non-hydrogen) atoms. The van der Waals surface area contributed by atoms with Crippen LogP contribution in [0.15, 0.2) is 23.3 Å². The van der Waals surface area contributed by atoms with Gasteiger partial charge in [-0.2, -0.15) is 0 Å². The minimum Gasteiger partial charge on any atom is -0.495 e. The van der Waals surface area contributed by atoms with Gasteiger partial charge in [0, 0.05) is 31.5 Å². The molecular weight excluding hydrogens is 228 g/mol. The smallest absolute Gasteiger partial charge is 0.137 e. The van der Waals surface area contributed by atoms with E-state index < -0.39 is 0 Å². The molecule has 0 saturated heterocycles. The molecule has 0 aliphatic heterocycles. The Balaban J connectivity index is 2.31. The number of carbonyl (C=O) groups is 1. The standard InChI is InChI=1S/C14H18N2O2/c1-15-10-14(7-5-11(17)6-8-14)13-4-3-12(18-2)9-16-13/h3-4,9-10H,5-8H2,1-2H3/b15-10+. The molecule has 2 rings (SSSR count). The van der Waals surface area contributed by atoms with Crippen molar-refractivity contribution in [2.45, 2.75) is 31.1 Å². The Morgan fingerprint density at radius 3 is 2.61 bits per heavy atom. The Morgan fingerprint density at radius 2 is 2.11 bits per heavy atom. The number of carbonyl (C=O) groups excluding carboxylic acids is 1. The monoisotopic (exact) mass is 246 g/mol. The van der Waals surface area contributed by atoms with Gasteiger partial charge in [-0.1, -0.05) is 0 Å². The zero-order valence-electron chi connectivity index (χ0n) is 10.8. The normalized spacial score (nSPS) is 19.1. The van der Waals surface area contributed by atoms with E-state index in [0.717, 1.165) is 24.3 Å². The van der Waals surface area contributed by atoms with Crippen molar-refractivity contribution in [2.75, 3.05) is 14.2 Å². The third-order valence-corrected chi connectivity index (χ3v) is 3.56. The summed E-state index contributed by atoms with van der Waals surface area (Å²) in [4.78, 5) is 20.0. The minimum atomic E-state index is -0.186. The van der Waals surface area contributed by atoms with E-state index in [1.165, 1.54) is 0 Å². The number of aromatic nitrogens is 1. The van der Waals surface area contributed by atoms with Crippen LogP contribution in [0.2, 0.25) is 0 Å². The van der Waals surface area contributed by atoms with Crippen LogP contribution in [0, 0.1) is 0 Å². The quantitative estimate of drug-likeness (QED) is 0.768. The zero-order valence-corrected chi connectivity index (χ0v) is 10.8. The van der Waals surface area contributed by atoms with Gasteiger partial charge in [0.05, 0.1) is 19.0 Å². The molecule has 0 aromatic carbocycles. The van der Waals surface area contributed by atoms with E-state index in [2.05, 4.69) is 9.98 Å². The number of pyridine rings is 1. The van der Waals surface area contributed by atoms with Gasteiger partial charge in [-0.05, 0) is 25.0 Å². The van der Waals surface area contributed by atoms with Crippen LogP contribution < -0.4 is 4.74 Å². The fraction of sp³-hybridized carbons (Fsp3) is 0.500. The van der Waals surface area contributed by atoms with Gasteiger partial charge in [0.2, 0.25) is 0 Å². The van der Waals surface area contributed by atoms with Crippen molar-refractivity contribution >= 4 is 12.0 Å². The maximum Gasteiger partial charge on any atom is 0.137 e. The molecule has 1 aliphatic carbocycles. The summed E-state index contributed by atoms with van der Waals surface area (Å²) in [6.07, 6.45) is 6.47. The fourth-order valence-corrected chi connectivity index (χ4v) is 2.47. The van der Waals surface area contributed by atoms with Gasteiger partial charge in [-0.3, -0.25) is 14.8 Å². The summed E-state index contributed by atoms with van der Waals surface area (Å²) in [7, 11) is 3.39. The van der Waals surface area contributed by atoms with E-state index in [9.17, 15) is 4.79 Å². The molecule has 96 valence electrons. The van der Waals surface area contributed by atoms with Crippen LogP contribution in [0.3, 0.4) is 0 Å². The molecule has 0 amide bonds. The number of hydrogen-bond donors (Lipinski definition) is 0. The molecule has 1 aromatic heterocycles. The van der Waals surface area contributed by atoms with Gasteiger partial charge >= 0.3 is 0 Å². The Labute approximate surface area is 107 Å². The summed E-state index contributed by atoms with van der Waals surface area (Å²) in [5, 5.41) is 0. The Bertz CT molecular complexity index is 441. The van der Waals surface area contributed by atoms with Crippen LogP contribution in [0.4, 0.5) is 0 Å². The van der Waals surface area contributed by atoms with Gasteiger partial charge in [0.1, 0.15) is 11.5 Å². The van der Waals surface area contributed by atoms with E-state index in [-0.39, 0.29) is 5.41 Å². The Kier molecular flexibility index (Phi) is 3.75. The molecule has 4 nitrogen and oxygen atoms in total. The van der Waals surface area contributed by atoms with Crippen molar-refractivity contribution < 1.29 is 9.53 Å². The summed E-state index contributed by atoms with van der Waals surface area (Å²) in [6.45, 7) is 0. The van der Waals surface area contributed by atoms with Crippen molar-refractivity contribution in [1.29, 1.82) is 0 Å². The number of aliphatic imine (C=N–C) groups is 1. The highest BCUT2D eigenvalue weighted by Gasteiger charge is 2.36. The fourth-order valence-electron chi connectivity index (χ4n) is 2.47. The SMILES string of the molecule is C/N=C/C1(c2ccc(OC)cn2)CCC(=O)CC1. The number of hydrogen-bond acceptors (Lipinski definition) is 4. The first-order valence-electron chi connectivity index (χ1n) is 6.16. The molecule has 0 bridgehead atoms. The molecule has 1 aromatic rings. The minimum absolute atomic E-state index is 0.186. The number of Topliss-reactive ketones (excluding diaryl/α,β-unsaturated/α-hetero) is 1. The van der Waals surface area contributed by atoms with E-state index in [4.69, 9.17) is 4.74 Å². The van der Waals surface area contributed by atoms with Crippen LogP contribution >= 0.6 is 0 Å². The van der Waals surface area contributed by atoms with Gasteiger partial charge in [0.25, 0.3) is 0 Å². The Morgan fingerprint density at radius 1 is 1.39 bits per heavy atom. The average molecular weight is 246 g/mol. The first-order valence-corrected chi connectivity index (χ1v) is 6.16. The van der Waals surface area contributed by atoms with Crippen LogP contribution in [0.5, 0.6) is 5.75 Å². The van der Waals surface area contributed by atoms with Crippen molar-refractivity contribution in [3.63, 3.8) is 0 Å². The van der Waals surface area contributed by atoms with Crippen LogP contribution in [0.25, 0.3) is 0 Å². The molecule has 0 unspecified atom stereocenters. The average Bonchev–Trinajstić information content (AvgIpc) is 2.42. The van der Waals surface area contributed by atoms with Crippen LogP contribution in [-0.4, -0.2) is 31.1 Å². The molecule has 0 N–H and O–H groups in total. The first kappa shape index (κ1) is 12.7. The van der Waals surface area contributed by atoms with Crippen molar-refractivity contribution in [3.05, 3.63) is 24.0 Å². The number of rotatable bonds is 3. The van der Waals surface area contributed by atoms with Gasteiger partial charge in [-0.25, -0.2) is 0 Å². The van der Waals surface area contributed by atoms with E-state index >= 15 is 0 Å². The highest BCUT2D eigenvalue weighted by molar-refractivity contribution is 5.83. The molecule has 4 heteroatoms. The topological polar surface area (TPSA) is 51.6 Å². The van der Waals surface area contributed by atoms with Crippen LogP contribution in [-0.2, 0) is 10.2 Å². The molecule has 1 heterocycles. The van der Waals surface area contributed by atoms with Crippen molar-refractivity contribution in [3.8, 4) is 5.75 Å². The highest BCUT2D eigenvalue weighted by atomic mass is 16.5. The summed E-state index contributed by atoms with van der Waals surface area (Å²) >= 11 is 0. The lowest BCUT2D eigenvalue weighted by Crippen LogP contribution is -2.34. The molecule has 0 atom stereocenters. The van der Waals surface area contributed by atoms with E-state index in [1.807, 2.05) is 18.3 Å². The molecule has 0 spiro atoms. The lowest BCUT2D eigenvalue weighted by atomic mass is 9.72. The first-order chi connectivity index (χ1) is 8.70. The summed E-state index contributed by atoms with van der Waals surface area (Å²) in [6, 6.07) is 3.88. The van der Waals surface area contributed by atoms with Gasteiger partial charge in [0.15, 0.2) is 0 Å². The summed E-state index contributed by atoms with van der Waals surface area (Å²) in [5.74, 6) is 1.08.